The molecule has 0 radical (unpaired) electrons. The number of sulfonamides is 1. The first-order chi connectivity index (χ1) is 15.9. The Hall–Kier alpha value is -2.86. The zero-order valence-electron chi connectivity index (χ0n) is 18.9. The summed E-state index contributed by atoms with van der Waals surface area (Å²) in [6, 6.07) is 2.21. The molecular formula is C22H25F3N4O4S. The van der Waals surface area contributed by atoms with Crippen LogP contribution in [0.25, 0.3) is 0 Å². The molecule has 2 aliphatic rings. The molecule has 2 atom stereocenters. The summed E-state index contributed by atoms with van der Waals surface area (Å²) in [5.41, 5.74) is 1.52. The number of aromatic nitrogens is 1. The van der Waals surface area contributed by atoms with Crippen LogP contribution in [0.3, 0.4) is 0 Å². The molecule has 2 aliphatic heterocycles. The van der Waals surface area contributed by atoms with E-state index in [0.717, 1.165) is 4.90 Å². The molecule has 3 heterocycles. The maximum atomic E-state index is 15.6. The van der Waals surface area contributed by atoms with Crippen LogP contribution in [0, 0.1) is 19.7 Å². The Bertz CT molecular complexity index is 1240. The van der Waals surface area contributed by atoms with Crippen molar-refractivity contribution in [3.05, 3.63) is 52.5 Å². The zero-order valence-corrected chi connectivity index (χ0v) is 19.7. The molecule has 2 N–H and O–H groups in total. The summed E-state index contributed by atoms with van der Waals surface area (Å²) in [6.07, 6.45) is -0.348. The van der Waals surface area contributed by atoms with Gasteiger partial charge in [0.15, 0.2) is 11.6 Å². The lowest BCUT2D eigenvalue weighted by molar-refractivity contribution is -0.00457. The number of aryl methyl sites for hydroxylation is 2. The number of pyridine rings is 1. The van der Waals surface area contributed by atoms with E-state index in [2.05, 4.69) is 10.3 Å². The van der Waals surface area contributed by atoms with Gasteiger partial charge in [-0.05, 0) is 50.5 Å². The van der Waals surface area contributed by atoms with Gasteiger partial charge in [-0.1, -0.05) is 12.1 Å². The van der Waals surface area contributed by atoms with Crippen molar-refractivity contribution in [1.29, 1.82) is 0 Å². The second-order valence-corrected chi connectivity index (χ2v) is 10.6. The van der Waals surface area contributed by atoms with Crippen molar-refractivity contribution in [3.8, 4) is 11.6 Å². The minimum atomic E-state index is -4.05. The first-order valence-electron chi connectivity index (χ1n) is 10.8. The molecule has 8 nitrogen and oxygen atoms in total. The molecule has 4 bridgehead atoms. The summed E-state index contributed by atoms with van der Waals surface area (Å²) in [5.74, 6) is -4.77. The van der Waals surface area contributed by atoms with Crippen LogP contribution < -0.4 is 14.8 Å². The first-order valence-corrected chi connectivity index (χ1v) is 12.4. The Labute approximate surface area is 195 Å². The molecule has 2 amide bonds. The number of alkyl halides is 2. The van der Waals surface area contributed by atoms with E-state index in [1.54, 1.807) is 32.0 Å². The lowest BCUT2D eigenvalue weighted by Gasteiger charge is -2.29. The van der Waals surface area contributed by atoms with E-state index < -0.39 is 52.2 Å². The van der Waals surface area contributed by atoms with Gasteiger partial charge < -0.3 is 15.0 Å². The number of nitrogens with one attached hydrogen (secondary N) is 2. The number of amides is 2. The summed E-state index contributed by atoms with van der Waals surface area (Å²) >= 11 is 0. The van der Waals surface area contributed by atoms with E-state index in [1.165, 1.54) is 13.0 Å². The molecule has 0 aliphatic carbocycles. The van der Waals surface area contributed by atoms with Crippen molar-refractivity contribution in [2.45, 2.75) is 51.7 Å². The number of urea groups is 1. The molecule has 1 saturated heterocycles. The molecule has 0 spiro atoms. The lowest BCUT2D eigenvalue weighted by Crippen LogP contribution is -2.53. The third-order valence-electron chi connectivity index (χ3n) is 6.16. The number of rotatable bonds is 3. The highest BCUT2D eigenvalue weighted by molar-refractivity contribution is 7.89. The van der Waals surface area contributed by atoms with Crippen molar-refractivity contribution in [3.63, 3.8) is 0 Å². The standard InChI is InChI=1S/C22H25F3N4O4S/c1-4-34(31,32)28-19-16-9-15-12(2)6-8-17(18(15)23)33-20-13(3)5-7-14(27-20)10-26-21(30)29(16)11-22(19,24)25/h5-8,16,19,28H,4,9-11H2,1-3H3,(H,26,30)/t16-,19+/m0/s1. The van der Waals surface area contributed by atoms with Crippen molar-refractivity contribution < 1.29 is 31.1 Å². The molecule has 2 aromatic rings. The van der Waals surface area contributed by atoms with Crippen LogP contribution in [0.15, 0.2) is 24.3 Å². The van der Waals surface area contributed by atoms with Crippen LogP contribution in [0.2, 0.25) is 0 Å². The molecular weight excluding hydrogens is 473 g/mol. The van der Waals surface area contributed by atoms with E-state index >= 15 is 13.2 Å². The molecule has 4 rings (SSSR count). The summed E-state index contributed by atoms with van der Waals surface area (Å²) in [7, 11) is -4.05. The predicted octanol–water partition coefficient (Wildman–Crippen LogP) is 3.02. The van der Waals surface area contributed by atoms with Gasteiger partial charge in [-0.25, -0.2) is 36.1 Å². The van der Waals surface area contributed by atoms with E-state index in [4.69, 9.17) is 4.74 Å². The third-order valence-corrected chi connectivity index (χ3v) is 7.53. The second-order valence-electron chi connectivity index (χ2n) is 8.52. The number of halogens is 3. The highest BCUT2D eigenvalue weighted by Gasteiger charge is 2.57. The lowest BCUT2D eigenvalue weighted by atomic mass is 9.95. The van der Waals surface area contributed by atoms with E-state index in [0.29, 0.717) is 16.8 Å². The van der Waals surface area contributed by atoms with Crippen LogP contribution >= 0.6 is 0 Å². The number of ether oxygens (including phenoxy) is 1. The van der Waals surface area contributed by atoms with Crippen LogP contribution in [-0.4, -0.2) is 54.6 Å². The smallest absolute Gasteiger partial charge is 0.318 e. The van der Waals surface area contributed by atoms with E-state index in [1.807, 2.05) is 4.72 Å². The predicted molar refractivity (Wildman–Crippen MR) is 118 cm³/mol. The van der Waals surface area contributed by atoms with Crippen LogP contribution in [0.1, 0.15) is 29.3 Å². The summed E-state index contributed by atoms with van der Waals surface area (Å²) in [6.45, 7) is 3.54. The van der Waals surface area contributed by atoms with E-state index in [-0.39, 0.29) is 30.2 Å². The van der Waals surface area contributed by atoms with Gasteiger partial charge in [-0.15, -0.1) is 0 Å². The molecule has 1 aromatic carbocycles. The summed E-state index contributed by atoms with van der Waals surface area (Å²) < 4.78 is 77.8. The van der Waals surface area contributed by atoms with Crippen molar-refractivity contribution in [2.24, 2.45) is 0 Å². The highest BCUT2D eigenvalue weighted by atomic mass is 32.2. The normalized spacial score (nSPS) is 22.1. The van der Waals surface area contributed by atoms with Gasteiger partial charge in [-0.2, -0.15) is 0 Å². The molecule has 12 heteroatoms. The molecule has 0 unspecified atom stereocenters. The summed E-state index contributed by atoms with van der Waals surface area (Å²) in [5, 5.41) is 2.56. The Balaban J connectivity index is 1.85. The van der Waals surface area contributed by atoms with Crippen LogP contribution in [0.4, 0.5) is 18.0 Å². The molecule has 34 heavy (non-hydrogen) atoms. The third kappa shape index (κ3) is 4.56. The van der Waals surface area contributed by atoms with E-state index in [9.17, 15) is 13.2 Å². The zero-order chi connectivity index (χ0) is 24.8. The Kier molecular flexibility index (Phi) is 6.23. The summed E-state index contributed by atoms with van der Waals surface area (Å²) in [4.78, 5) is 18.2. The minimum Gasteiger partial charge on any atom is -0.436 e. The number of carbonyl (C=O) groups is 1. The average Bonchev–Trinajstić information content (AvgIpc) is 3.02. The average molecular weight is 499 g/mol. The second kappa shape index (κ2) is 8.73. The fourth-order valence-corrected chi connectivity index (χ4v) is 5.04. The van der Waals surface area contributed by atoms with Gasteiger partial charge in [0.25, 0.3) is 5.92 Å². The number of nitrogens with zero attached hydrogens (tertiary/aromatic N) is 2. The fourth-order valence-electron chi connectivity index (χ4n) is 4.15. The van der Waals surface area contributed by atoms with Gasteiger partial charge >= 0.3 is 6.03 Å². The quantitative estimate of drug-likeness (QED) is 0.678. The number of benzene rings is 1. The largest absolute Gasteiger partial charge is 0.436 e. The monoisotopic (exact) mass is 498 g/mol. The molecule has 0 saturated carbocycles. The van der Waals surface area contributed by atoms with Gasteiger partial charge in [0, 0.05) is 5.56 Å². The SMILES string of the molecule is CCS(=O)(=O)N[C@@H]1[C@@H]2Cc3c(C)ccc(c3F)Oc3nc(ccc3C)CNC(=O)N2CC1(F)F. The highest BCUT2D eigenvalue weighted by Crippen LogP contribution is 2.37. The van der Waals surface area contributed by atoms with Crippen molar-refractivity contribution >= 4 is 16.1 Å². The number of hydrogen-bond donors (Lipinski definition) is 2. The number of fused-ring (bicyclic) bond motifs is 5. The molecule has 184 valence electrons. The van der Waals surface area contributed by atoms with Gasteiger partial charge in [0.1, 0.15) is 6.04 Å². The van der Waals surface area contributed by atoms with Gasteiger partial charge in [-0.3, -0.25) is 0 Å². The van der Waals surface area contributed by atoms with Crippen molar-refractivity contribution in [1.82, 2.24) is 19.9 Å². The van der Waals surface area contributed by atoms with Crippen molar-refractivity contribution in [2.75, 3.05) is 12.3 Å². The molecule has 1 aromatic heterocycles. The topological polar surface area (TPSA) is 101 Å². The Morgan fingerprint density at radius 1 is 1.24 bits per heavy atom. The van der Waals surface area contributed by atoms with Gasteiger partial charge in [0.2, 0.25) is 15.9 Å². The molecule has 1 fully saturated rings. The Morgan fingerprint density at radius 2 is 1.94 bits per heavy atom. The number of hydrogen-bond acceptors (Lipinski definition) is 5. The van der Waals surface area contributed by atoms with Crippen LogP contribution in [0.5, 0.6) is 11.6 Å². The Morgan fingerprint density at radius 3 is 2.65 bits per heavy atom. The van der Waals surface area contributed by atoms with Crippen LogP contribution in [-0.2, 0) is 23.0 Å². The minimum absolute atomic E-state index is 0.0479. The maximum Gasteiger partial charge on any atom is 0.318 e. The first kappa shape index (κ1) is 24.3. The number of carbonyl (C=O) groups excluding carboxylic acids is 1. The van der Waals surface area contributed by atoms with Gasteiger partial charge in [0.05, 0.1) is 30.6 Å². The fraction of sp³-hybridized carbons (Fsp3) is 0.455. The maximum absolute atomic E-state index is 15.6.